The number of hydrogen-bond acceptors (Lipinski definition) is 6. The number of carbonyl (C=O) groups excluding carboxylic acids is 3. The van der Waals surface area contributed by atoms with Gasteiger partial charge in [0, 0.05) is 37.4 Å². The van der Waals surface area contributed by atoms with Gasteiger partial charge in [-0.3, -0.25) is 9.59 Å². The molecule has 10 heteroatoms. The van der Waals surface area contributed by atoms with Crippen molar-refractivity contribution in [3.8, 4) is 0 Å². The Kier molecular flexibility index (Phi) is 13.6. The van der Waals surface area contributed by atoms with E-state index in [0.717, 1.165) is 24.0 Å². The van der Waals surface area contributed by atoms with Crippen LogP contribution >= 0.6 is 0 Å². The second-order valence-corrected chi connectivity index (χ2v) is 14.3. The fraction of sp³-hybridized carbons (Fsp3) is 0.487. The normalized spacial score (nSPS) is 16.6. The number of carbonyl (C=O) groups is 3. The number of aliphatic hydroxyl groups is 1. The van der Waals surface area contributed by atoms with E-state index in [9.17, 15) is 19.5 Å². The molecule has 1 aliphatic rings. The van der Waals surface area contributed by atoms with E-state index in [1.54, 1.807) is 27.0 Å². The van der Waals surface area contributed by atoms with Gasteiger partial charge in [0.1, 0.15) is 11.6 Å². The van der Waals surface area contributed by atoms with Crippen LogP contribution in [0.4, 0.5) is 4.79 Å². The van der Waals surface area contributed by atoms with Gasteiger partial charge in [0.2, 0.25) is 11.8 Å². The largest absolute Gasteiger partial charge is 0.444 e. The Balaban J connectivity index is 1.50. The summed E-state index contributed by atoms with van der Waals surface area (Å²) in [7, 11) is 0. The minimum absolute atomic E-state index is 0.0631. The molecule has 4 rings (SSSR count). The van der Waals surface area contributed by atoms with Gasteiger partial charge in [-0.15, -0.1) is 0 Å². The standard InChI is InChI=1S/C39H53N5O5/c1-28(2)35(37(47)43-22-19-32(20-23-43)44-24-21-40-27-44)42-36(46)31(18-12-17-29-13-8-6-9-14-29)26-34(45)33(25-30-15-10-7-11-16-30)41-38(48)49-39(3,4)5/h6-17,21,24,27-28,31-35,45H,18-20,22-23,25-26H2,1-5H3,(H,41,48)(H,42,46)/t31-,33+,34-,35-/m0/s1. The summed E-state index contributed by atoms with van der Waals surface area (Å²) in [4.78, 5) is 46.8. The second kappa shape index (κ2) is 17.8. The Hall–Kier alpha value is -4.44. The summed E-state index contributed by atoms with van der Waals surface area (Å²) in [5, 5.41) is 17.6. The van der Waals surface area contributed by atoms with Gasteiger partial charge in [0.05, 0.1) is 18.5 Å². The smallest absolute Gasteiger partial charge is 0.407 e. The van der Waals surface area contributed by atoms with Crippen molar-refractivity contribution in [1.29, 1.82) is 0 Å². The highest BCUT2D eigenvalue weighted by atomic mass is 16.6. The van der Waals surface area contributed by atoms with Crippen molar-refractivity contribution in [3.63, 3.8) is 0 Å². The lowest BCUT2D eigenvalue weighted by Crippen LogP contribution is -2.54. The first-order valence-corrected chi connectivity index (χ1v) is 17.4. The molecule has 2 heterocycles. The molecule has 3 N–H and O–H groups in total. The highest BCUT2D eigenvalue weighted by molar-refractivity contribution is 5.89. The van der Waals surface area contributed by atoms with Crippen LogP contribution in [0.2, 0.25) is 0 Å². The monoisotopic (exact) mass is 671 g/mol. The SMILES string of the molecule is CC(C)[C@H](NC(=O)[C@@H](CC=Cc1ccccc1)C[C@H](O)[C@@H](Cc1ccccc1)NC(=O)OC(C)(C)C)C(=O)N1CCC(n2ccnc2)CC1. The Morgan fingerprint density at radius 2 is 1.65 bits per heavy atom. The number of imidazole rings is 1. The third-order valence-electron chi connectivity index (χ3n) is 8.85. The van der Waals surface area contributed by atoms with Crippen molar-refractivity contribution in [3.05, 3.63) is 96.6 Å². The number of rotatable bonds is 14. The van der Waals surface area contributed by atoms with Crippen LogP contribution in [0.1, 0.15) is 77.5 Å². The molecule has 0 radical (unpaired) electrons. The molecule has 1 fully saturated rings. The molecule has 10 nitrogen and oxygen atoms in total. The summed E-state index contributed by atoms with van der Waals surface area (Å²) < 4.78 is 7.60. The van der Waals surface area contributed by atoms with Gasteiger partial charge in [-0.2, -0.15) is 0 Å². The number of likely N-dealkylation sites (tertiary alicyclic amines) is 1. The molecule has 264 valence electrons. The molecule has 1 aromatic heterocycles. The molecule has 0 unspecified atom stereocenters. The predicted octanol–water partition coefficient (Wildman–Crippen LogP) is 5.79. The van der Waals surface area contributed by atoms with E-state index in [2.05, 4.69) is 20.2 Å². The van der Waals surface area contributed by atoms with Gasteiger partial charge in [-0.25, -0.2) is 9.78 Å². The van der Waals surface area contributed by atoms with Crippen LogP contribution in [-0.4, -0.2) is 74.3 Å². The number of benzene rings is 2. The highest BCUT2D eigenvalue weighted by Crippen LogP contribution is 2.24. The van der Waals surface area contributed by atoms with Gasteiger partial charge >= 0.3 is 6.09 Å². The fourth-order valence-corrected chi connectivity index (χ4v) is 6.16. The first-order chi connectivity index (χ1) is 23.4. The van der Waals surface area contributed by atoms with E-state index >= 15 is 0 Å². The van der Waals surface area contributed by atoms with Crippen molar-refractivity contribution >= 4 is 24.0 Å². The summed E-state index contributed by atoms with van der Waals surface area (Å²) in [6.45, 7) is 10.4. The summed E-state index contributed by atoms with van der Waals surface area (Å²) >= 11 is 0. The van der Waals surface area contributed by atoms with Crippen molar-refractivity contribution in [2.45, 2.75) is 96.6 Å². The number of alkyl carbamates (subject to hydrolysis) is 1. The lowest BCUT2D eigenvalue weighted by Gasteiger charge is -2.36. The van der Waals surface area contributed by atoms with Crippen LogP contribution in [0.5, 0.6) is 0 Å². The molecule has 49 heavy (non-hydrogen) atoms. The minimum atomic E-state index is -1.08. The topological polar surface area (TPSA) is 126 Å². The lowest BCUT2D eigenvalue weighted by atomic mass is 9.90. The first-order valence-electron chi connectivity index (χ1n) is 17.4. The van der Waals surface area contributed by atoms with E-state index in [4.69, 9.17) is 4.74 Å². The van der Waals surface area contributed by atoms with Gasteiger partial charge in [0.15, 0.2) is 0 Å². The number of allylic oxidation sites excluding steroid dienone is 1. The fourth-order valence-electron chi connectivity index (χ4n) is 6.16. The summed E-state index contributed by atoms with van der Waals surface area (Å²) in [6.07, 6.45) is 10.0. The number of amides is 3. The lowest BCUT2D eigenvalue weighted by molar-refractivity contribution is -0.140. The Morgan fingerprint density at radius 1 is 1.00 bits per heavy atom. The van der Waals surface area contributed by atoms with Crippen molar-refractivity contribution in [1.82, 2.24) is 25.1 Å². The molecule has 1 aliphatic heterocycles. The Labute approximate surface area is 290 Å². The van der Waals surface area contributed by atoms with Crippen molar-refractivity contribution < 1.29 is 24.2 Å². The van der Waals surface area contributed by atoms with E-state index in [1.165, 1.54) is 0 Å². The van der Waals surface area contributed by atoms with Gasteiger partial charge in [-0.05, 0) is 69.9 Å². The van der Waals surface area contributed by atoms with E-state index in [-0.39, 0.29) is 24.2 Å². The molecule has 1 saturated heterocycles. The number of nitrogens with one attached hydrogen (secondary N) is 2. The van der Waals surface area contributed by atoms with E-state index < -0.39 is 35.8 Å². The zero-order valence-corrected chi connectivity index (χ0v) is 29.5. The molecule has 2 aromatic carbocycles. The summed E-state index contributed by atoms with van der Waals surface area (Å²) in [5.41, 5.74) is 1.20. The summed E-state index contributed by atoms with van der Waals surface area (Å²) in [6, 6.07) is 18.2. The molecule has 0 saturated carbocycles. The number of piperidine rings is 1. The van der Waals surface area contributed by atoms with Crippen LogP contribution in [0.15, 0.2) is 85.5 Å². The van der Waals surface area contributed by atoms with Gasteiger partial charge < -0.3 is 29.9 Å². The quantitative estimate of drug-likeness (QED) is 0.199. The zero-order valence-electron chi connectivity index (χ0n) is 29.5. The highest BCUT2D eigenvalue weighted by Gasteiger charge is 2.35. The number of nitrogens with zero attached hydrogens (tertiary/aromatic N) is 3. The maximum atomic E-state index is 14.1. The maximum absolute atomic E-state index is 14.1. The van der Waals surface area contributed by atoms with Gasteiger partial charge in [0.25, 0.3) is 0 Å². The molecule has 4 atom stereocenters. The average molecular weight is 672 g/mol. The number of ether oxygens (including phenoxy) is 1. The van der Waals surface area contributed by atoms with E-state index in [1.807, 2.05) is 104 Å². The Bertz CT molecular complexity index is 1480. The molecule has 3 amide bonds. The van der Waals surface area contributed by atoms with Crippen molar-refractivity contribution in [2.24, 2.45) is 11.8 Å². The van der Waals surface area contributed by atoms with Crippen LogP contribution in [0, 0.1) is 11.8 Å². The molecule has 3 aromatic rings. The van der Waals surface area contributed by atoms with Crippen LogP contribution in [-0.2, 0) is 20.7 Å². The second-order valence-electron chi connectivity index (χ2n) is 14.3. The first kappa shape index (κ1) is 37.4. The van der Waals surface area contributed by atoms with Crippen LogP contribution in [0.25, 0.3) is 6.08 Å². The number of aromatic nitrogens is 2. The van der Waals surface area contributed by atoms with Crippen molar-refractivity contribution in [2.75, 3.05) is 13.1 Å². The zero-order chi connectivity index (χ0) is 35.4. The maximum Gasteiger partial charge on any atom is 0.407 e. The third-order valence-corrected chi connectivity index (χ3v) is 8.85. The predicted molar refractivity (Wildman–Crippen MR) is 191 cm³/mol. The molecular weight excluding hydrogens is 618 g/mol. The number of hydrogen-bond donors (Lipinski definition) is 3. The Morgan fingerprint density at radius 3 is 2.24 bits per heavy atom. The molecule has 0 aliphatic carbocycles. The number of aliphatic hydroxyl groups excluding tert-OH is 1. The average Bonchev–Trinajstić information content (AvgIpc) is 3.61. The summed E-state index contributed by atoms with van der Waals surface area (Å²) in [5.74, 6) is -1.23. The minimum Gasteiger partial charge on any atom is -0.444 e. The van der Waals surface area contributed by atoms with Gasteiger partial charge in [-0.1, -0.05) is 86.7 Å². The third kappa shape index (κ3) is 11.9. The van der Waals surface area contributed by atoms with Crippen LogP contribution < -0.4 is 10.6 Å². The molecule has 0 bridgehead atoms. The van der Waals surface area contributed by atoms with E-state index in [0.29, 0.717) is 32.0 Å². The molecular formula is C39H53N5O5. The molecule has 0 spiro atoms. The van der Waals surface area contributed by atoms with Crippen LogP contribution in [0.3, 0.4) is 0 Å².